The largest absolute Gasteiger partial charge is 0.117 e. The molecule has 1 fully saturated rings. The second kappa shape index (κ2) is 4.34. The van der Waals surface area contributed by atoms with Gasteiger partial charge in [-0.25, -0.2) is 0 Å². The van der Waals surface area contributed by atoms with E-state index in [9.17, 15) is 0 Å². The molecule has 17 heavy (non-hydrogen) atoms. The van der Waals surface area contributed by atoms with Crippen molar-refractivity contribution in [1.29, 1.82) is 0 Å². The van der Waals surface area contributed by atoms with Gasteiger partial charge in [0.25, 0.3) is 0 Å². The zero-order chi connectivity index (χ0) is 11.8. The Bertz CT molecular complexity index is 523. The van der Waals surface area contributed by atoms with Crippen molar-refractivity contribution >= 4 is 22.4 Å². The molecule has 2 aromatic rings. The van der Waals surface area contributed by atoms with Crippen LogP contribution in [0, 0.1) is 11.8 Å². The van der Waals surface area contributed by atoms with Crippen LogP contribution < -0.4 is 0 Å². The van der Waals surface area contributed by atoms with Crippen molar-refractivity contribution in [3.63, 3.8) is 0 Å². The maximum Gasteiger partial charge on any atom is 0.0619 e. The second-order valence-electron chi connectivity index (χ2n) is 5.17. The van der Waals surface area contributed by atoms with Crippen LogP contribution in [0.25, 0.3) is 10.8 Å². The highest BCUT2D eigenvalue weighted by Gasteiger charge is 2.33. The van der Waals surface area contributed by atoms with Gasteiger partial charge in [0.1, 0.15) is 0 Å². The third-order valence-electron chi connectivity index (χ3n) is 3.95. The number of halogens is 1. The Kier molecular flexibility index (Phi) is 2.84. The lowest BCUT2D eigenvalue weighted by Crippen LogP contribution is -2.06. The molecule has 0 aromatic heterocycles. The lowest BCUT2D eigenvalue weighted by molar-refractivity contribution is 0.493. The van der Waals surface area contributed by atoms with Crippen molar-refractivity contribution in [2.24, 2.45) is 11.8 Å². The molecule has 0 heterocycles. The van der Waals surface area contributed by atoms with E-state index in [4.69, 9.17) is 11.6 Å². The lowest BCUT2D eigenvalue weighted by Gasteiger charge is -2.19. The third-order valence-corrected chi connectivity index (χ3v) is 4.58. The van der Waals surface area contributed by atoms with E-state index in [0.29, 0.717) is 5.92 Å². The van der Waals surface area contributed by atoms with Crippen LogP contribution in [0.15, 0.2) is 42.5 Å². The highest BCUT2D eigenvalue weighted by atomic mass is 35.5. The Morgan fingerprint density at radius 3 is 2.53 bits per heavy atom. The summed E-state index contributed by atoms with van der Waals surface area (Å²) in [5, 5.41) is 2.75. The van der Waals surface area contributed by atoms with Gasteiger partial charge >= 0.3 is 0 Å². The zero-order valence-corrected chi connectivity index (χ0v) is 10.8. The van der Waals surface area contributed by atoms with Gasteiger partial charge in [0.05, 0.1) is 5.38 Å². The van der Waals surface area contributed by atoms with E-state index >= 15 is 0 Å². The van der Waals surface area contributed by atoms with Crippen molar-refractivity contribution in [2.75, 3.05) is 0 Å². The summed E-state index contributed by atoms with van der Waals surface area (Å²) < 4.78 is 0. The molecule has 0 aliphatic heterocycles. The quantitative estimate of drug-likeness (QED) is 0.654. The van der Waals surface area contributed by atoms with Crippen LogP contribution in [0.3, 0.4) is 0 Å². The monoisotopic (exact) mass is 244 g/mol. The molecular formula is C16H17Cl. The summed E-state index contributed by atoms with van der Waals surface area (Å²) in [6.07, 6.45) is 2.71. The first kappa shape index (κ1) is 11.1. The predicted octanol–water partition coefficient (Wildman–Crippen LogP) is 5.17. The van der Waals surface area contributed by atoms with E-state index in [1.165, 1.54) is 29.2 Å². The van der Waals surface area contributed by atoms with Crippen molar-refractivity contribution in [1.82, 2.24) is 0 Å². The molecule has 1 aliphatic rings. The minimum atomic E-state index is 0.147. The van der Waals surface area contributed by atoms with Crippen LogP contribution in [0.4, 0.5) is 0 Å². The number of alkyl halides is 1. The second-order valence-corrected chi connectivity index (χ2v) is 5.64. The van der Waals surface area contributed by atoms with Crippen molar-refractivity contribution in [3.05, 3.63) is 48.0 Å². The first-order valence-electron chi connectivity index (χ1n) is 6.39. The normalized spacial score (nSPS) is 19.2. The Morgan fingerprint density at radius 2 is 1.76 bits per heavy atom. The van der Waals surface area contributed by atoms with E-state index in [0.717, 1.165) is 5.92 Å². The SMILES string of the molecule is CC(C1CC1)C(Cl)c1cccc2ccccc12. The molecule has 0 saturated heterocycles. The highest BCUT2D eigenvalue weighted by Crippen LogP contribution is 2.46. The fourth-order valence-electron chi connectivity index (χ4n) is 2.64. The number of hydrogen-bond donors (Lipinski definition) is 0. The number of rotatable bonds is 3. The van der Waals surface area contributed by atoms with Gasteiger partial charge < -0.3 is 0 Å². The van der Waals surface area contributed by atoms with Crippen LogP contribution in [0.5, 0.6) is 0 Å². The van der Waals surface area contributed by atoms with E-state index in [1.54, 1.807) is 0 Å². The predicted molar refractivity (Wildman–Crippen MR) is 74.4 cm³/mol. The molecule has 2 atom stereocenters. The summed E-state index contributed by atoms with van der Waals surface area (Å²) in [6.45, 7) is 2.29. The van der Waals surface area contributed by atoms with Crippen molar-refractivity contribution in [3.8, 4) is 0 Å². The van der Waals surface area contributed by atoms with Crippen LogP contribution in [-0.4, -0.2) is 0 Å². The minimum Gasteiger partial charge on any atom is -0.117 e. The Labute approximate surface area is 108 Å². The van der Waals surface area contributed by atoms with Crippen molar-refractivity contribution < 1.29 is 0 Å². The fraction of sp³-hybridized carbons (Fsp3) is 0.375. The van der Waals surface area contributed by atoms with E-state index in [1.807, 2.05) is 0 Å². The van der Waals surface area contributed by atoms with E-state index < -0.39 is 0 Å². The van der Waals surface area contributed by atoms with Gasteiger partial charge in [-0.15, -0.1) is 11.6 Å². The first-order valence-corrected chi connectivity index (χ1v) is 6.83. The summed E-state index contributed by atoms with van der Waals surface area (Å²) in [6, 6.07) is 15.0. The zero-order valence-electron chi connectivity index (χ0n) is 10.1. The van der Waals surface area contributed by atoms with Crippen LogP contribution in [0.1, 0.15) is 30.7 Å². The molecule has 0 spiro atoms. The molecule has 1 aliphatic carbocycles. The fourth-order valence-corrected chi connectivity index (χ4v) is 3.03. The average Bonchev–Trinajstić information content (AvgIpc) is 3.20. The number of hydrogen-bond acceptors (Lipinski definition) is 0. The molecule has 2 unspecified atom stereocenters. The topological polar surface area (TPSA) is 0 Å². The minimum absolute atomic E-state index is 0.147. The average molecular weight is 245 g/mol. The van der Waals surface area contributed by atoms with Crippen LogP contribution in [0.2, 0.25) is 0 Å². The number of benzene rings is 2. The van der Waals surface area contributed by atoms with E-state index in [2.05, 4.69) is 49.4 Å². The van der Waals surface area contributed by atoms with Crippen molar-refractivity contribution in [2.45, 2.75) is 25.1 Å². The summed E-state index contributed by atoms with van der Waals surface area (Å²) >= 11 is 6.67. The first-order chi connectivity index (χ1) is 8.27. The van der Waals surface area contributed by atoms with Crippen LogP contribution in [-0.2, 0) is 0 Å². The van der Waals surface area contributed by atoms with Gasteiger partial charge in [0.15, 0.2) is 0 Å². The molecule has 0 bridgehead atoms. The Hall–Kier alpha value is -1.01. The number of fused-ring (bicyclic) bond motifs is 1. The molecule has 0 nitrogen and oxygen atoms in total. The van der Waals surface area contributed by atoms with Gasteiger partial charge in [-0.3, -0.25) is 0 Å². The molecule has 88 valence electrons. The molecule has 0 N–H and O–H groups in total. The maximum atomic E-state index is 6.67. The lowest BCUT2D eigenvalue weighted by atomic mass is 9.92. The summed E-state index contributed by atoms with van der Waals surface area (Å²) in [5.74, 6) is 1.43. The molecule has 1 saturated carbocycles. The van der Waals surface area contributed by atoms with Gasteiger partial charge in [0.2, 0.25) is 0 Å². The molecule has 0 amide bonds. The van der Waals surface area contributed by atoms with Gasteiger partial charge in [0, 0.05) is 0 Å². The summed E-state index contributed by atoms with van der Waals surface area (Å²) in [7, 11) is 0. The Balaban J connectivity index is 2.03. The molecular weight excluding hydrogens is 228 g/mol. The molecule has 1 heteroatoms. The van der Waals surface area contributed by atoms with Gasteiger partial charge in [-0.1, -0.05) is 49.4 Å². The third kappa shape index (κ3) is 2.07. The Morgan fingerprint density at radius 1 is 1.06 bits per heavy atom. The standard InChI is InChI=1S/C16H17Cl/c1-11(12-9-10-12)16(17)15-8-4-6-13-5-2-3-7-14(13)15/h2-8,11-12,16H,9-10H2,1H3. The van der Waals surface area contributed by atoms with Gasteiger partial charge in [-0.2, -0.15) is 0 Å². The highest BCUT2D eigenvalue weighted by molar-refractivity contribution is 6.22. The molecule has 0 radical (unpaired) electrons. The summed E-state index contributed by atoms with van der Waals surface area (Å²) in [4.78, 5) is 0. The smallest absolute Gasteiger partial charge is 0.0619 e. The van der Waals surface area contributed by atoms with Gasteiger partial charge in [-0.05, 0) is 41.0 Å². The summed E-state index contributed by atoms with van der Waals surface area (Å²) in [5.41, 5.74) is 1.30. The molecule has 3 rings (SSSR count). The molecule has 2 aromatic carbocycles. The van der Waals surface area contributed by atoms with Crippen LogP contribution >= 0.6 is 11.6 Å². The van der Waals surface area contributed by atoms with E-state index in [-0.39, 0.29) is 5.38 Å². The maximum absolute atomic E-state index is 6.67.